The summed E-state index contributed by atoms with van der Waals surface area (Å²) >= 11 is 0. The van der Waals surface area contributed by atoms with Gasteiger partial charge in [0.2, 0.25) is 12.1 Å². The van der Waals surface area contributed by atoms with Crippen molar-refractivity contribution in [3.63, 3.8) is 0 Å². The predicted molar refractivity (Wildman–Crippen MR) is 96.3 cm³/mol. The van der Waals surface area contributed by atoms with E-state index in [9.17, 15) is 0 Å². The normalized spacial score (nSPS) is 11.8. The molecule has 0 aliphatic carbocycles. The Hall–Kier alpha value is -1.74. The van der Waals surface area contributed by atoms with Crippen molar-refractivity contribution in [2.75, 3.05) is 28.4 Å². The van der Waals surface area contributed by atoms with Crippen LogP contribution >= 0.6 is 0 Å². The number of nitrogens with zero attached hydrogens (tertiary/aromatic N) is 3. The summed E-state index contributed by atoms with van der Waals surface area (Å²) in [6, 6.07) is 0. The van der Waals surface area contributed by atoms with Crippen molar-refractivity contribution in [1.29, 1.82) is 0 Å². The Labute approximate surface area is 155 Å². The molecule has 2 aromatic rings. The number of H-pyrrole nitrogens is 1. The molecule has 0 unspecified atom stereocenters. The van der Waals surface area contributed by atoms with Crippen LogP contribution in [0, 0.1) is 0 Å². The van der Waals surface area contributed by atoms with E-state index in [1.807, 2.05) is 12.4 Å². The summed E-state index contributed by atoms with van der Waals surface area (Å²) in [5.41, 5.74) is 1.82. The van der Waals surface area contributed by atoms with Crippen LogP contribution in [0.15, 0.2) is 12.4 Å². The quantitative estimate of drug-likeness (QED) is 0.488. The molecule has 2 aromatic heterocycles. The van der Waals surface area contributed by atoms with Crippen LogP contribution in [0.4, 0.5) is 0 Å². The summed E-state index contributed by atoms with van der Waals surface area (Å²) in [4.78, 5) is 8.01. The minimum Gasteiger partial charge on any atom is -0.350 e. The first-order chi connectivity index (χ1) is 12.7. The minimum atomic E-state index is -0.456. The lowest BCUT2D eigenvalue weighted by Crippen LogP contribution is -2.40. The van der Waals surface area contributed by atoms with Gasteiger partial charge in [-0.05, 0) is 12.8 Å². The Morgan fingerprint density at radius 3 is 2.23 bits per heavy atom. The second kappa shape index (κ2) is 9.82. The van der Waals surface area contributed by atoms with E-state index in [4.69, 9.17) is 18.9 Å². The van der Waals surface area contributed by atoms with Crippen LogP contribution in [0.1, 0.15) is 50.7 Å². The molecule has 0 atom stereocenters. The maximum atomic E-state index is 5.45. The lowest BCUT2D eigenvalue weighted by Gasteiger charge is -2.16. The third kappa shape index (κ3) is 3.98. The van der Waals surface area contributed by atoms with Gasteiger partial charge < -0.3 is 23.5 Å². The zero-order chi connectivity index (χ0) is 19.1. The second-order valence-corrected chi connectivity index (χ2v) is 5.98. The second-order valence-electron chi connectivity index (χ2n) is 5.98. The summed E-state index contributed by atoms with van der Waals surface area (Å²) in [6.45, 7) is 5.91. The Kier molecular flexibility index (Phi) is 7.77. The maximum Gasteiger partial charge on any atom is 0.323 e. The average Bonchev–Trinajstić information content (AvgIpc) is 3.23. The average molecular weight is 367 g/mol. The minimum absolute atomic E-state index is 0.439. The fourth-order valence-electron chi connectivity index (χ4n) is 3.17. The van der Waals surface area contributed by atoms with Crippen molar-refractivity contribution in [3.8, 4) is 11.6 Å². The maximum absolute atomic E-state index is 5.45. The van der Waals surface area contributed by atoms with E-state index in [0.717, 1.165) is 49.0 Å². The first-order valence-electron chi connectivity index (χ1n) is 8.94. The van der Waals surface area contributed by atoms with Gasteiger partial charge in [-0.1, -0.05) is 13.8 Å². The fourth-order valence-corrected chi connectivity index (χ4v) is 3.17. The molecule has 0 amide bonds. The van der Waals surface area contributed by atoms with Crippen LogP contribution in [0.25, 0.3) is 11.6 Å². The number of hydrogen-bond acceptors (Lipinski definition) is 5. The van der Waals surface area contributed by atoms with Crippen molar-refractivity contribution in [2.24, 2.45) is 0 Å². The molecule has 8 nitrogen and oxygen atoms in total. The molecule has 0 fully saturated rings. The standard InChI is InChI=1S/C18H30N4O4/c1-7-9-21-13(17(23-3)24-4)11-19-15(21)16-20-12-14(18(25-5)26-6)22(16)10-8-2/h11-12,17-18H,7-10H2,1-6H3/p+1. The Morgan fingerprint density at radius 1 is 1.04 bits per heavy atom. The largest absolute Gasteiger partial charge is 0.350 e. The zero-order valence-electron chi connectivity index (χ0n) is 16.6. The Balaban J connectivity index is 2.57. The van der Waals surface area contributed by atoms with Crippen molar-refractivity contribution in [2.45, 2.75) is 52.4 Å². The van der Waals surface area contributed by atoms with Gasteiger partial charge in [0.05, 0.1) is 18.4 Å². The highest BCUT2D eigenvalue weighted by atomic mass is 16.7. The van der Waals surface area contributed by atoms with E-state index >= 15 is 0 Å². The predicted octanol–water partition coefficient (Wildman–Crippen LogP) is 2.57. The van der Waals surface area contributed by atoms with Gasteiger partial charge >= 0.3 is 5.82 Å². The number of methoxy groups -OCH3 is 4. The molecule has 26 heavy (non-hydrogen) atoms. The molecule has 8 heteroatoms. The third-order valence-corrected chi connectivity index (χ3v) is 4.27. The molecule has 0 aliphatic rings. The molecule has 1 N–H and O–H groups in total. The molecule has 0 radical (unpaired) electrons. The van der Waals surface area contributed by atoms with Crippen LogP contribution < -0.4 is 4.57 Å². The molecule has 0 aromatic carbocycles. The summed E-state index contributed by atoms with van der Waals surface area (Å²) < 4.78 is 26.1. The number of nitrogens with one attached hydrogen (secondary N) is 1. The number of imidazole rings is 2. The molecule has 0 spiro atoms. The molecule has 0 saturated heterocycles. The number of aromatic amines is 1. The van der Waals surface area contributed by atoms with Crippen molar-refractivity contribution in [1.82, 2.24) is 14.5 Å². The number of rotatable bonds is 11. The monoisotopic (exact) mass is 367 g/mol. The lowest BCUT2D eigenvalue weighted by atomic mass is 10.3. The van der Waals surface area contributed by atoms with Gasteiger partial charge in [0.1, 0.15) is 6.20 Å². The third-order valence-electron chi connectivity index (χ3n) is 4.27. The highest BCUT2D eigenvalue weighted by Gasteiger charge is 2.30. The first kappa shape index (κ1) is 20.6. The van der Waals surface area contributed by atoms with E-state index in [2.05, 4.69) is 32.9 Å². The molecular weight excluding hydrogens is 336 g/mol. The van der Waals surface area contributed by atoms with E-state index in [1.165, 1.54) is 0 Å². The van der Waals surface area contributed by atoms with Gasteiger partial charge in [0.25, 0.3) is 0 Å². The van der Waals surface area contributed by atoms with Gasteiger partial charge in [0, 0.05) is 35.0 Å². The Bertz CT molecular complexity index is 617. The first-order valence-corrected chi connectivity index (χ1v) is 8.94. The SMILES string of the molecule is CCCn1c(C(OC)OC)cnc1-c1[nH]cc(C(OC)OC)[n+]1CCC. The zero-order valence-corrected chi connectivity index (χ0v) is 16.6. The van der Waals surface area contributed by atoms with Crippen LogP contribution in [0.2, 0.25) is 0 Å². The number of hydrogen-bond donors (Lipinski definition) is 1. The molecule has 146 valence electrons. The van der Waals surface area contributed by atoms with Gasteiger partial charge in [-0.2, -0.15) is 0 Å². The highest BCUT2D eigenvalue weighted by molar-refractivity contribution is 5.42. The summed E-state index contributed by atoms with van der Waals surface area (Å²) in [6.07, 6.45) is 4.77. The van der Waals surface area contributed by atoms with Gasteiger partial charge in [0.15, 0.2) is 12.0 Å². The van der Waals surface area contributed by atoms with E-state index in [0.29, 0.717) is 0 Å². The van der Waals surface area contributed by atoms with Crippen molar-refractivity contribution < 1.29 is 23.5 Å². The molecular formula is C18H31N4O4+. The van der Waals surface area contributed by atoms with Crippen molar-refractivity contribution in [3.05, 3.63) is 23.8 Å². The van der Waals surface area contributed by atoms with Crippen molar-refractivity contribution >= 4 is 0 Å². The summed E-state index contributed by atoms with van der Waals surface area (Å²) in [5, 5.41) is 0. The molecule has 0 bridgehead atoms. The molecule has 2 heterocycles. The Morgan fingerprint density at radius 2 is 1.69 bits per heavy atom. The van der Waals surface area contributed by atoms with Gasteiger partial charge in [-0.3, -0.25) is 0 Å². The lowest BCUT2D eigenvalue weighted by molar-refractivity contribution is -0.698. The smallest absolute Gasteiger partial charge is 0.323 e. The van der Waals surface area contributed by atoms with Crippen LogP contribution in [0.3, 0.4) is 0 Å². The van der Waals surface area contributed by atoms with Gasteiger partial charge in [-0.15, -0.1) is 0 Å². The fraction of sp³-hybridized carbons (Fsp3) is 0.667. The van der Waals surface area contributed by atoms with E-state index in [1.54, 1.807) is 28.4 Å². The van der Waals surface area contributed by atoms with Crippen LogP contribution in [0.5, 0.6) is 0 Å². The highest BCUT2D eigenvalue weighted by Crippen LogP contribution is 2.25. The topological polar surface area (TPSA) is 74.4 Å². The van der Waals surface area contributed by atoms with Crippen LogP contribution in [-0.2, 0) is 32.0 Å². The van der Waals surface area contributed by atoms with Crippen LogP contribution in [-0.4, -0.2) is 43.0 Å². The van der Waals surface area contributed by atoms with E-state index in [-0.39, 0.29) is 0 Å². The summed E-state index contributed by atoms with van der Waals surface area (Å²) in [5.74, 6) is 1.75. The molecule has 0 aliphatic heterocycles. The number of ether oxygens (including phenoxy) is 4. The summed E-state index contributed by atoms with van der Waals surface area (Å²) in [7, 11) is 6.52. The van der Waals surface area contributed by atoms with Gasteiger partial charge in [-0.25, -0.2) is 14.5 Å². The van der Waals surface area contributed by atoms with E-state index < -0.39 is 12.6 Å². The number of aromatic nitrogens is 4. The molecule has 0 saturated carbocycles. The molecule has 2 rings (SSSR count).